The largest absolute Gasteiger partial charge is 0.486 e. The number of nitrogens with zero attached hydrogens (tertiary/aromatic N) is 2. The van der Waals surface area contributed by atoms with Gasteiger partial charge in [-0.1, -0.05) is 105 Å². The molecule has 1 aromatic heterocycles. The number of ketones is 1. The van der Waals surface area contributed by atoms with Crippen molar-refractivity contribution in [3.63, 3.8) is 0 Å². The number of alkyl halides is 4. The van der Waals surface area contributed by atoms with E-state index in [1.165, 1.54) is 25.1 Å². The number of carbonyl (C=O) groups excluding carboxylic acids is 2. The fourth-order valence-electron chi connectivity index (χ4n) is 8.44. The predicted molar refractivity (Wildman–Crippen MR) is 218 cm³/mol. The molecule has 2 aliphatic rings. The van der Waals surface area contributed by atoms with Crippen molar-refractivity contribution in [2.45, 2.75) is 93.0 Å². The van der Waals surface area contributed by atoms with E-state index in [4.69, 9.17) is 9.57 Å². The van der Waals surface area contributed by atoms with Crippen LogP contribution in [0.15, 0.2) is 84.1 Å². The summed E-state index contributed by atoms with van der Waals surface area (Å²) in [5.41, 5.74) is 5.28. The number of unbranched alkanes of at least 4 members (excludes halogenated alkanes) is 1. The van der Waals surface area contributed by atoms with Gasteiger partial charge < -0.3 is 14.1 Å². The zero-order valence-corrected chi connectivity index (χ0v) is 33.6. The molecule has 6 rings (SSSR count). The minimum absolute atomic E-state index is 0.0146. The smallest absolute Gasteiger partial charge is 0.340 e. The molecule has 0 radical (unpaired) electrons. The van der Waals surface area contributed by atoms with Crippen molar-refractivity contribution < 1.29 is 36.7 Å². The third-order valence-electron chi connectivity index (χ3n) is 11.3. The van der Waals surface area contributed by atoms with E-state index in [2.05, 4.69) is 41.8 Å². The number of oxime groups is 1. The van der Waals surface area contributed by atoms with Crippen molar-refractivity contribution in [1.29, 1.82) is 0 Å². The first-order valence-corrected chi connectivity index (χ1v) is 19.6. The summed E-state index contributed by atoms with van der Waals surface area (Å²) in [4.78, 5) is 32.3. The maximum absolute atomic E-state index is 15.1. The topological polar surface area (TPSA) is 69.9 Å². The molecule has 3 atom stereocenters. The second-order valence-electron chi connectivity index (χ2n) is 15.6. The molecule has 0 amide bonds. The summed E-state index contributed by atoms with van der Waals surface area (Å²) >= 11 is 0. The number of carbonyl (C=O) groups is 2. The number of fused-ring (bicyclic) bond motifs is 4. The molecule has 3 aromatic carbocycles. The van der Waals surface area contributed by atoms with Crippen molar-refractivity contribution in [2.75, 3.05) is 6.61 Å². The average molecular weight is 783 g/mol. The molecule has 300 valence electrons. The highest BCUT2D eigenvalue weighted by molar-refractivity contribution is 6.16. The van der Waals surface area contributed by atoms with Gasteiger partial charge in [-0.15, -0.1) is 0 Å². The Kier molecular flexibility index (Phi) is 12.1. The molecule has 0 N–H and O–H groups in total. The molecule has 10 heteroatoms. The van der Waals surface area contributed by atoms with E-state index in [9.17, 15) is 22.4 Å². The monoisotopic (exact) mass is 782 g/mol. The van der Waals surface area contributed by atoms with Gasteiger partial charge in [-0.2, -0.15) is 8.78 Å². The van der Waals surface area contributed by atoms with Crippen LogP contribution in [0.3, 0.4) is 0 Å². The quantitative estimate of drug-likeness (QED) is 0.0396. The van der Waals surface area contributed by atoms with E-state index in [-0.39, 0.29) is 28.7 Å². The van der Waals surface area contributed by atoms with Gasteiger partial charge in [0.15, 0.2) is 12.4 Å². The summed E-state index contributed by atoms with van der Waals surface area (Å²) in [5.74, 6) is -5.12. The zero-order chi connectivity index (χ0) is 41.2. The second-order valence-corrected chi connectivity index (χ2v) is 15.6. The normalized spacial score (nSPS) is 18.4. The van der Waals surface area contributed by atoms with Gasteiger partial charge in [0.1, 0.15) is 11.5 Å². The lowest BCUT2D eigenvalue weighted by Crippen LogP contribution is -2.47. The first kappa shape index (κ1) is 41.4. The van der Waals surface area contributed by atoms with Crippen molar-refractivity contribution in [3.05, 3.63) is 123 Å². The Labute approximate surface area is 331 Å². The van der Waals surface area contributed by atoms with Crippen molar-refractivity contribution in [3.8, 4) is 5.75 Å². The Morgan fingerprint density at radius 3 is 2.39 bits per heavy atom. The van der Waals surface area contributed by atoms with Crippen LogP contribution in [0.25, 0.3) is 22.6 Å². The standard InChI is InChI=1S/C47H50F4N2O4/c1-8-10-15-32(9-2)26-53-39-21-20-33(42(52-57-31(6)54)35-17-12-14-19-40(35)56-27-47(50,51)45(48)49)24-36(39)37-25-46(7,38-18-13-11-16-34(38)43(37)53)44(55)41-29(4)22-28(3)23-30(41)5/h11-14,16-25,32,38,45H,8-10,15,26-27H2,1-7H3/b52-42+. The summed E-state index contributed by atoms with van der Waals surface area (Å²) in [6.07, 6.45) is 10.6. The number of hydrogen-bond donors (Lipinski definition) is 0. The lowest BCUT2D eigenvalue weighted by Gasteiger charge is -2.37. The summed E-state index contributed by atoms with van der Waals surface area (Å²) in [7, 11) is 0. The Bertz CT molecular complexity index is 2400. The van der Waals surface area contributed by atoms with E-state index in [0.29, 0.717) is 17.0 Å². The van der Waals surface area contributed by atoms with Crippen LogP contribution in [0.1, 0.15) is 91.6 Å². The molecular formula is C47H50F4N2O4. The van der Waals surface area contributed by atoms with Gasteiger partial charge in [-0.05, 0) is 81.0 Å². The number of aryl methyl sites for hydroxylation is 3. The first-order chi connectivity index (χ1) is 27.1. The van der Waals surface area contributed by atoms with Gasteiger partial charge in [-0.3, -0.25) is 4.79 Å². The first-order valence-electron chi connectivity index (χ1n) is 19.6. The molecule has 3 unspecified atom stereocenters. The minimum atomic E-state index is -4.40. The SMILES string of the molecule is CCCCC(CC)Cn1c2c(c3cc(/C(=N\OC(C)=O)c4ccccc4OCC(F)(F)C(F)F)ccc31)=CC(C)(C(=O)c1c(C)cc(C)cc1C)C1C=CC=CC=21. The van der Waals surface area contributed by atoms with E-state index < -0.39 is 30.3 Å². The number of para-hydroxylation sites is 1. The van der Waals surface area contributed by atoms with Gasteiger partial charge in [0, 0.05) is 52.2 Å². The Morgan fingerprint density at radius 1 is 1.00 bits per heavy atom. The van der Waals surface area contributed by atoms with Crippen molar-refractivity contribution in [1.82, 2.24) is 4.57 Å². The highest BCUT2D eigenvalue weighted by Crippen LogP contribution is 2.44. The summed E-state index contributed by atoms with van der Waals surface area (Å²) in [6.45, 7) is 12.7. The molecular weight excluding hydrogens is 733 g/mol. The molecule has 6 nitrogen and oxygen atoms in total. The van der Waals surface area contributed by atoms with Crippen LogP contribution >= 0.6 is 0 Å². The molecule has 0 fully saturated rings. The number of Topliss-reactive ketones (excluding diaryl/α,β-unsaturated/α-hetero) is 1. The molecule has 0 aliphatic heterocycles. The number of benzene rings is 3. The van der Waals surface area contributed by atoms with Crippen molar-refractivity contribution in [2.24, 2.45) is 22.4 Å². The van der Waals surface area contributed by atoms with E-state index >= 15 is 4.79 Å². The maximum Gasteiger partial charge on any atom is 0.340 e. The van der Waals surface area contributed by atoms with E-state index in [1.807, 2.05) is 70.2 Å². The van der Waals surface area contributed by atoms with E-state index in [1.54, 1.807) is 6.07 Å². The van der Waals surface area contributed by atoms with Gasteiger partial charge in [0.2, 0.25) is 0 Å². The third-order valence-corrected chi connectivity index (χ3v) is 11.3. The Morgan fingerprint density at radius 2 is 1.72 bits per heavy atom. The van der Waals surface area contributed by atoms with Crippen LogP contribution in [0.2, 0.25) is 0 Å². The summed E-state index contributed by atoms with van der Waals surface area (Å²) in [5, 5.41) is 6.87. The highest BCUT2D eigenvalue weighted by atomic mass is 19.3. The lowest BCUT2D eigenvalue weighted by atomic mass is 9.64. The van der Waals surface area contributed by atoms with Gasteiger partial charge in [0.25, 0.3) is 0 Å². The highest BCUT2D eigenvalue weighted by Gasteiger charge is 2.44. The van der Waals surface area contributed by atoms with Crippen molar-refractivity contribution >= 4 is 40.0 Å². The summed E-state index contributed by atoms with van der Waals surface area (Å²) in [6, 6.07) is 15.8. The Hall–Kier alpha value is -5.25. The fraction of sp³-hybridized carbons (Fsp3) is 0.383. The number of allylic oxidation sites excluding steroid dienone is 4. The van der Waals surface area contributed by atoms with Gasteiger partial charge >= 0.3 is 18.3 Å². The number of rotatable bonds is 15. The van der Waals surface area contributed by atoms with Crippen LogP contribution in [0, 0.1) is 38.0 Å². The number of ether oxygens (including phenoxy) is 1. The molecule has 0 spiro atoms. The van der Waals surface area contributed by atoms with Crippen LogP contribution in [0.5, 0.6) is 5.75 Å². The lowest BCUT2D eigenvalue weighted by molar-refractivity contribution is -0.148. The zero-order valence-electron chi connectivity index (χ0n) is 33.6. The number of hydrogen-bond acceptors (Lipinski definition) is 5. The third kappa shape index (κ3) is 8.14. The van der Waals surface area contributed by atoms with Crippen LogP contribution in [-0.4, -0.2) is 41.0 Å². The Balaban J connectivity index is 1.63. The molecule has 57 heavy (non-hydrogen) atoms. The maximum atomic E-state index is 15.1. The fourth-order valence-corrected chi connectivity index (χ4v) is 8.44. The van der Waals surface area contributed by atoms with Crippen LogP contribution in [-0.2, 0) is 16.2 Å². The minimum Gasteiger partial charge on any atom is -0.486 e. The predicted octanol–water partition coefficient (Wildman–Crippen LogP) is 9.95. The average Bonchev–Trinajstić information content (AvgIpc) is 3.47. The number of aromatic nitrogens is 1. The molecule has 2 aliphatic carbocycles. The molecule has 0 bridgehead atoms. The molecule has 0 saturated carbocycles. The molecule has 0 saturated heterocycles. The summed E-state index contributed by atoms with van der Waals surface area (Å²) < 4.78 is 62.0. The van der Waals surface area contributed by atoms with Gasteiger partial charge in [-0.25, -0.2) is 13.6 Å². The van der Waals surface area contributed by atoms with Crippen LogP contribution < -0.4 is 15.3 Å². The van der Waals surface area contributed by atoms with E-state index in [0.717, 1.165) is 76.0 Å². The molecule has 1 heterocycles. The van der Waals surface area contributed by atoms with Crippen LogP contribution in [0.4, 0.5) is 17.6 Å². The second kappa shape index (κ2) is 16.7. The van der Waals surface area contributed by atoms with Gasteiger partial charge in [0.05, 0.1) is 10.8 Å². The number of halogens is 4. The molecule has 4 aromatic rings.